The van der Waals surface area contributed by atoms with Crippen molar-refractivity contribution in [3.63, 3.8) is 0 Å². The zero-order chi connectivity index (χ0) is 25.1. The van der Waals surface area contributed by atoms with Gasteiger partial charge in [0.2, 0.25) is 0 Å². The lowest BCUT2D eigenvalue weighted by Crippen LogP contribution is -2.33. The van der Waals surface area contributed by atoms with E-state index in [2.05, 4.69) is 68.3 Å². The van der Waals surface area contributed by atoms with Crippen molar-refractivity contribution in [2.24, 2.45) is 0 Å². The molecule has 1 unspecified atom stereocenters. The van der Waals surface area contributed by atoms with Crippen molar-refractivity contribution in [2.75, 3.05) is 20.7 Å². The van der Waals surface area contributed by atoms with Gasteiger partial charge in [-0.15, -0.1) is 0 Å². The third-order valence-corrected chi connectivity index (χ3v) is 6.90. The van der Waals surface area contributed by atoms with Crippen LogP contribution in [0.2, 0.25) is 0 Å². The van der Waals surface area contributed by atoms with E-state index in [1.165, 1.54) is 27.8 Å². The van der Waals surface area contributed by atoms with E-state index in [1.54, 1.807) is 7.11 Å². The van der Waals surface area contributed by atoms with Crippen molar-refractivity contribution in [1.82, 2.24) is 4.90 Å². The maximum Gasteiger partial charge on any atom is 0.169 e. The number of aryl methyl sites for hydroxylation is 2. The number of hydrogen-bond acceptors (Lipinski definition) is 4. The molecular formula is C32H33NO3. The summed E-state index contributed by atoms with van der Waals surface area (Å²) in [6.45, 7) is 5.18. The first-order valence-electron chi connectivity index (χ1n) is 12.5. The van der Waals surface area contributed by atoms with Gasteiger partial charge in [-0.1, -0.05) is 47.5 Å². The first kappa shape index (κ1) is 24.0. The first-order valence-corrected chi connectivity index (χ1v) is 12.5. The SMILES string of the molecule is COc1cc(CC2c3cc(Oc4ccc(C)cc4)ccc3CCN2C)ccc1Oc1ccc(C)cc1. The quantitative estimate of drug-likeness (QED) is 0.272. The van der Waals surface area contributed by atoms with E-state index < -0.39 is 0 Å². The van der Waals surface area contributed by atoms with Crippen molar-refractivity contribution in [1.29, 1.82) is 0 Å². The Morgan fingerprint density at radius 2 is 1.36 bits per heavy atom. The van der Waals surface area contributed by atoms with E-state index in [1.807, 2.05) is 42.5 Å². The molecule has 0 saturated carbocycles. The van der Waals surface area contributed by atoms with E-state index in [4.69, 9.17) is 14.2 Å². The van der Waals surface area contributed by atoms with Gasteiger partial charge in [-0.3, -0.25) is 4.90 Å². The largest absolute Gasteiger partial charge is 0.493 e. The molecular weight excluding hydrogens is 446 g/mol. The highest BCUT2D eigenvalue weighted by molar-refractivity contribution is 5.47. The van der Waals surface area contributed by atoms with Crippen molar-refractivity contribution >= 4 is 0 Å². The molecule has 1 aliphatic rings. The van der Waals surface area contributed by atoms with Crippen molar-refractivity contribution in [3.8, 4) is 28.7 Å². The van der Waals surface area contributed by atoms with Gasteiger partial charge >= 0.3 is 0 Å². The molecule has 0 aliphatic carbocycles. The van der Waals surface area contributed by atoms with Gasteiger partial charge in [0.15, 0.2) is 11.5 Å². The molecule has 1 heterocycles. The van der Waals surface area contributed by atoms with Gasteiger partial charge in [0.05, 0.1) is 7.11 Å². The molecule has 0 radical (unpaired) electrons. The van der Waals surface area contributed by atoms with E-state index in [-0.39, 0.29) is 6.04 Å². The van der Waals surface area contributed by atoms with E-state index >= 15 is 0 Å². The minimum absolute atomic E-state index is 0.254. The predicted molar refractivity (Wildman–Crippen MR) is 145 cm³/mol. The third kappa shape index (κ3) is 5.39. The Morgan fingerprint density at radius 1 is 0.722 bits per heavy atom. The Labute approximate surface area is 214 Å². The third-order valence-electron chi connectivity index (χ3n) is 6.90. The molecule has 0 fully saturated rings. The molecule has 0 amide bonds. The second-order valence-electron chi connectivity index (χ2n) is 9.63. The number of likely N-dealkylation sites (N-methyl/N-ethyl adjacent to an activating group) is 1. The monoisotopic (exact) mass is 479 g/mol. The van der Waals surface area contributed by atoms with Gasteiger partial charge in [0, 0.05) is 12.6 Å². The van der Waals surface area contributed by atoms with Gasteiger partial charge in [-0.05, 0) is 99.0 Å². The van der Waals surface area contributed by atoms with E-state index in [0.717, 1.165) is 48.1 Å². The van der Waals surface area contributed by atoms with Gasteiger partial charge in [0.1, 0.15) is 17.2 Å². The van der Waals surface area contributed by atoms with E-state index in [9.17, 15) is 0 Å². The van der Waals surface area contributed by atoms with Crippen LogP contribution in [0.4, 0.5) is 0 Å². The highest BCUT2D eigenvalue weighted by Crippen LogP contribution is 2.38. The Morgan fingerprint density at radius 3 is 2.03 bits per heavy atom. The standard InChI is InChI=1S/C32H33NO3/c1-22-5-11-26(12-6-22)35-28-15-10-25-17-18-33(3)30(29(25)21-28)19-24-9-16-31(32(20-24)34-4)36-27-13-7-23(2)8-14-27/h5-16,20-21,30H,17-19H2,1-4H3. The zero-order valence-corrected chi connectivity index (χ0v) is 21.5. The lowest BCUT2D eigenvalue weighted by molar-refractivity contribution is 0.229. The van der Waals surface area contributed by atoms with Crippen LogP contribution in [0.5, 0.6) is 28.7 Å². The summed E-state index contributed by atoms with van der Waals surface area (Å²) in [5, 5.41) is 0. The number of methoxy groups -OCH3 is 1. The van der Waals surface area contributed by atoms with Crippen LogP contribution < -0.4 is 14.2 Å². The minimum atomic E-state index is 0.254. The molecule has 4 nitrogen and oxygen atoms in total. The average molecular weight is 480 g/mol. The lowest BCUT2D eigenvalue weighted by atomic mass is 9.89. The summed E-state index contributed by atoms with van der Waals surface area (Å²) in [4.78, 5) is 2.43. The van der Waals surface area contributed by atoms with Gasteiger partial charge in [-0.2, -0.15) is 0 Å². The van der Waals surface area contributed by atoms with Gasteiger partial charge < -0.3 is 14.2 Å². The van der Waals surface area contributed by atoms with Crippen molar-refractivity contribution < 1.29 is 14.2 Å². The normalized spacial score (nSPS) is 15.3. The van der Waals surface area contributed by atoms with Crippen LogP contribution >= 0.6 is 0 Å². The minimum Gasteiger partial charge on any atom is -0.493 e. The van der Waals surface area contributed by atoms with E-state index in [0.29, 0.717) is 0 Å². The van der Waals surface area contributed by atoms with Crippen LogP contribution in [0.25, 0.3) is 0 Å². The molecule has 1 atom stereocenters. The molecule has 36 heavy (non-hydrogen) atoms. The summed E-state index contributed by atoms with van der Waals surface area (Å²) >= 11 is 0. The number of ether oxygens (including phenoxy) is 3. The molecule has 4 heteroatoms. The fourth-order valence-corrected chi connectivity index (χ4v) is 4.75. The summed E-state index contributed by atoms with van der Waals surface area (Å²) in [7, 11) is 3.89. The molecule has 1 aliphatic heterocycles. The second-order valence-corrected chi connectivity index (χ2v) is 9.63. The lowest BCUT2D eigenvalue weighted by Gasteiger charge is -2.35. The molecule has 5 rings (SSSR count). The predicted octanol–water partition coefficient (Wildman–Crippen LogP) is 7.67. The first-order chi connectivity index (χ1) is 17.5. The van der Waals surface area contributed by atoms with Crippen molar-refractivity contribution in [3.05, 3.63) is 113 Å². The number of hydrogen-bond donors (Lipinski definition) is 0. The smallest absolute Gasteiger partial charge is 0.169 e. The molecule has 0 spiro atoms. The summed E-state index contributed by atoms with van der Waals surface area (Å²) in [6.07, 6.45) is 1.92. The fraction of sp³-hybridized carbons (Fsp3) is 0.250. The maximum atomic E-state index is 6.19. The molecule has 184 valence electrons. The van der Waals surface area contributed by atoms with Gasteiger partial charge in [-0.25, -0.2) is 0 Å². The average Bonchev–Trinajstić information content (AvgIpc) is 2.89. The van der Waals surface area contributed by atoms with Gasteiger partial charge in [0.25, 0.3) is 0 Å². The zero-order valence-electron chi connectivity index (χ0n) is 21.5. The summed E-state index contributed by atoms with van der Waals surface area (Å²) in [5.74, 6) is 3.99. The maximum absolute atomic E-state index is 6.19. The van der Waals surface area contributed by atoms with Crippen LogP contribution in [0.15, 0.2) is 84.9 Å². The Bertz CT molecular complexity index is 1330. The Balaban J connectivity index is 1.38. The molecule has 4 aromatic rings. The molecule has 4 aromatic carbocycles. The molecule has 0 bridgehead atoms. The summed E-state index contributed by atoms with van der Waals surface area (Å²) in [5.41, 5.74) is 6.35. The fourth-order valence-electron chi connectivity index (χ4n) is 4.75. The molecule has 0 saturated heterocycles. The highest BCUT2D eigenvalue weighted by Gasteiger charge is 2.26. The summed E-state index contributed by atoms with van der Waals surface area (Å²) < 4.78 is 18.0. The highest BCUT2D eigenvalue weighted by atomic mass is 16.5. The van der Waals surface area contributed by atoms with Crippen LogP contribution in [0.3, 0.4) is 0 Å². The second kappa shape index (κ2) is 10.5. The summed E-state index contributed by atoms with van der Waals surface area (Å²) in [6, 6.07) is 29.2. The number of rotatable bonds is 7. The van der Waals surface area contributed by atoms with Crippen LogP contribution in [0.1, 0.15) is 33.9 Å². The van der Waals surface area contributed by atoms with Crippen molar-refractivity contribution in [2.45, 2.75) is 32.7 Å². The molecule has 0 aromatic heterocycles. The topological polar surface area (TPSA) is 30.9 Å². The van der Waals surface area contributed by atoms with Crippen LogP contribution in [-0.2, 0) is 12.8 Å². The Kier molecular flexibility index (Phi) is 6.97. The van der Waals surface area contributed by atoms with Crippen LogP contribution in [0, 0.1) is 13.8 Å². The van der Waals surface area contributed by atoms with Crippen LogP contribution in [-0.4, -0.2) is 25.6 Å². The Hall–Kier alpha value is -3.76. The number of nitrogens with zero attached hydrogens (tertiary/aromatic N) is 1. The number of benzene rings is 4. The number of fused-ring (bicyclic) bond motifs is 1. The molecule has 0 N–H and O–H groups in total.